The normalized spacial score (nSPS) is 16.5. The van der Waals surface area contributed by atoms with Crippen LogP contribution in [-0.4, -0.2) is 51.6 Å². The molecule has 0 aromatic heterocycles. The Morgan fingerprint density at radius 3 is 2.67 bits per heavy atom. The summed E-state index contributed by atoms with van der Waals surface area (Å²) in [6, 6.07) is 7.67. The molecular formula is C13H20N2O3. The van der Waals surface area contributed by atoms with Crippen LogP contribution < -0.4 is 14.9 Å². The fraction of sp³-hybridized carbons (Fsp3) is 0.538. The minimum absolute atomic E-state index is 0.609. The van der Waals surface area contributed by atoms with Crippen LogP contribution >= 0.6 is 0 Å². The number of benzene rings is 1. The molecule has 5 heteroatoms. The number of nitrogens with zero attached hydrogens (tertiary/aromatic N) is 1. The Balaban J connectivity index is 1.68. The lowest BCUT2D eigenvalue weighted by Gasteiger charge is -2.27. The molecule has 0 amide bonds. The fourth-order valence-electron chi connectivity index (χ4n) is 1.82. The average Bonchev–Trinajstić information content (AvgIpc) is 2.45. The van der Waals surface area contributed by atoms with Crippen molar-refractivity contribution in [3.8, 4) is 11.5 Å². The number of hydrazine groups is 1. The fourth-order valence-corrected chi connectivity index (χ4v) is 1.82. The molecule has 18 heavy (non-hydrogen) atoms. The van der Waals surface area contributed by atoms with Gasteiger partial charge in [0, 0.05) is 19.6 Å². The highest BCUT2D eigenvalue weighted by atomic mass is 16.5. The van der Waals surface area contributed by atoms with Gasteiger partial charge in [-0.3, -0.25) is 5.43 Å². The first-order valence-electron chi connectivity index (χ1n) is 6.22. The highest BCUT2D eigenvalue weighted by Gasteiger charge is 2.09. The van der Waals surface area contributed by atoms with E-state index in [0.717, 1.165) is 44.3 Å². The minimum Gasteiger partial charge on any atom is -0.493 e. The van der Waals surface area contributed by atoms with E-state index in [1.165, 1.54) is 0 Å². The predicted molar refractivity (Wildman–Crippen MR) is 68.9 cm³/mol. The van der Waals surface area contributed by atoms with Gasteiger partial charge in [0.05, 0.1) is 20.3 Å². The smallest absolute Gasteiger partial charge is 0.161 e. The zero-order chi connectivity index (χ0) is 12.6. The lowest BCUT2D eigenvalue weighted by molar-refractivity contribution is 0.0100. The second-order valence-corrected chi connectivity index (χ2v) is 4.01. The highest BCUT2D eigenvalue weighted by Crippen LogP contribution is 2.25. The van der Waals surface area contributed by atoms with Crippen molar-refractivity contribution in [3.63, 3.8) is 0 Å². The molecule has 0 atom stereocenters. The van der Waals surface area contributed by atoms with Crippen molar-refractivity contribution < 1.29 is 14.2 Å². The SMILES string of the molecule is COc1ccccc1OCCNN1CCOCC1. The van der Waals surface area contributed by atoms with Crippen LogP contribution in [-0.2, 0) is 4.74 Å². The summed E-state index contributed by atoms with van der Waals surface area (Å²) in [6.07, 6.45) is 0. The number of morpholine rings is 1. The summed E-state index contributed by atoms with van der Waals surface area (Å²) >= 11 is 0. The minimum atomic E-state index is 0.609. The quantitative estimate of drug-likeness (QED) is 0.762. The molecule has 1 saturated heterocycles. The molecule has 1 heterocycles. The number of nitrogens with one attached hydrogen (secondary N) is 1. The molecule has 0 saturated carbocycles. The van der Waals surface area contributed by atoms with Crippen LogP contribution in [0.4, 0.5) is 0 Å². The van der Waals surface area contributed by atoms with E-state index in [0.29, 0.717) is 6.61 Å². The maximum absolute atomic E-state index is 5.67. The lowest BCUT2D eigenvalue weighted by Crippen LogP contribution is -2.46. The second-order valence-electron chi connectivity index (χ2n) is 4.01. The summed E-state index contributed by atoms with van der Waals surface area (Å²) in [5.41, 5.74) is 3.32. The third kappa shape index (κ3) is 3.87. The summed E-state index contributed by atoms with van der Waals surface area (Å²) in [5, 5.41) is 2.16. The molecule has 5 nitrogen and oxygen atoms in total. The van der Waals surface area contributed by atoms with Crippen LogP contribution in [0.5, 0.6) is 11.5 Å². The molecular weight excluding hydrogens is 232 g/mol. The van der Waals surface area contributed by atoms with Crippen molar-refractivity contribution in [2.75, 3.05) is 46.6 Å². The van der Waals surface area contributed by atoms with E-state index in [9.17, 15) is 0 Å². The number of hydrogen-bond donors (Lipinski definition) is 1. The van der Waals surface area contributed by atoms with Crippen molar-refractivity contribution in [1.29, 1.82) is 0 Å². The molecule has 0 unspecified atom stereocenters. The maximum atomic E-state index is 5.67. The summed E-state index contributed by atoms with van der Waals surface area (Å²) in [6.45, 7) is 4.82. The number of ether oxygens (including phenoxy) is 3. The molecule has 0 aliphatic carbocycles. The zero-order valence-corrected chi connectivity index (χ0v) is 10.7. The van der Waals surface area contributed by atoms with Gasteiger partial charge in [-0.25, -0.2) is 5.01 Å². The first-order chi connectivity index (χ1) is 8.90. The molecule has 1 aliphatic rings. The van der Waals surface area contributed by atoms with Gasteiger partial charge in [0.2, 0.25) is 0 Å². The van der Waals surface area contributed by atoms with Crippen molar-refractivity contribution in [3.05, 3.63) is 24.3 Å². The van der Waals surface area contributed by atoms with Crippen molar-refractivity contribution in [1.82, 2.24) is 10.4 Å². The van der Waals surface area contributed by atoms with Crippen molar-refractivity contribution >= 4 is 0 Å². The van der Waals surface area contributed by atoms with Crippen LogP contribution in [0.1, 0.15) is 0 Å². The summed E-state index contributed by atoms with van der Waals surface area (Å²) in [7, 11) is 1.65. The molecule has 0 spiro atoms. The Morgan fingerprint density at radius 2 is 1.94 bits per heavy atom. The van der Waals surface area contributed by atoms with Gasteiger partial charge in [0.25, 0.3) is 0 Å². The number of rotatable bonds is 6. The number of methoxy groups -OCH3 is 1. The molecule has 1 fully saturated rings. The molecule has 2 rings (SSSR count). The zero-order valence-electron chi connectivity index (χ0n) is 10.7. The van der Waals surface area contributed by atoms with Crippen LogP contribution in [0.2, 0.25) is 0 Å². The van der Waals surface area contributed by atoms with E-state index < -0.39 is 0 Å². The Bertz CT molecular complexity index is 354. The maximum Gasteiger partial charge on any atom is 0.161 e. The van der Waals surface area contributed by atoms with Gasteiger partial charge in [-0.05, 0) is 12.1 Å². The van der Waals surface area contributed by atoms with E-state index in [1.807, 2.05) is 24.3 Å². The third-order valence-corrected chi connectivity index (χ3v) is 2.78. The molecule has 1 aromatic carbocycles. The molecule has 1 N–H and O–H groups in total. The van der Waals surface area contributed by atoms with Gasteiger partial charge in [-0.2, -0.15) is 0 Å². The van der Waals surface area contributed by atoms with E-state index >= 15 is 0 Å². The Labute approximate surface area is 108 Å². The number of hydrogen-bond acceptors (Lipinski definition) is 5. The first kappa shape index (κ1) is 13.1. The van der Waals surface area contributed by atoms with Gasteiger partial charge in [-0.1, -0.05) is 12.1 Å². The Kier molecular flexibility index (Phi) is 5.26. The molecule has 0 bridgehead atoms. The second kappa shape index (κ2) is 7.20. The average molecular weight is 252 g/mol. The Hall–Kier alpha value is -1.30. The predicted octanol–water partition coefficient (Wildman–Crippen LogP) is 0.911. The monoisotopic (exact) mass is 252 g/mol. The number of para-hydroxylation sites is 2. The summed E-state index contributed by atoms with van der Waals surface area (Å²) < 4.78 is 16.2. The van der Waals surface area contributed by atoms with E-state index in [2.05, 4.69) is 10.4 Å². The standard InChI is InChI=1S/C13H20N2O3/c1-16-12-4-2-3-5-13(12)18-9-6-14-15-7-10-17-11-8-15/h2-5,14H,6-11H2,1H3. The Morgan fingerprint density at radius 1 is 1.22 bits per heavy atom. The van der Waals surface area contributed by atoms with E-state index in [1.54, 1.807) is 7.11 Å². The molecule has 0 radical (unpaired) electrons. The van der Waals surface area contributed by atoms with Gasteiger partial charge in [0.1, 0.15) is 6.61 Å². The van der Waals surface area contributed by atoms with Crippen molar-refractivity contribution in [2.45, 2.75) is 0 Å². The molecule has 1 aromatic rings. The third-order valence-electron chi connectivity index (χ3n) is 2.78. The molecule has 100 valence electrons. The van der Waals surface area contributed by atoms with Gasteiger partial charge >= 0.3 is 0 Å². The lowest BCUT2D eigenvalue weighted by atomic mass is 10.3. The largest absolute Gasteiger partial charge is 0.493 e. The summed E-state index contributed by atoms with van der Waals surface area (Å²) in [5.74, 6) is 1.55. The van der Waals surface area contributed by atoms with Gasteiger partial charge < -0.3 is 14.2 Å². The topological polar surface area (TPSA) is 43.0 Å². The highest BCUT2D eigenvalue weighted by molar-refractivity contribution is 5.39. The van der Waals surface area contributed by atoms with Crippen LogP contribution in [0.3, 0.4) is 0 Å². The van der Waals surface area contributed by atoms with Crippen LogP contribution in [0.25, 0.3) is 0 Å². The van der Waals surface area contributed by atoms with E-state index in [4.69, 9.17) is 14.2 Å². The van der Waals surface area contributed by atoms with Crippen LogP contribution in [0, 0.1) is 0 Å². The van der Waals surface area contributed by atoms with Gasteiger partial charge in [0.15, 0.2) is 11.5 Å². The summed E-state index contributed by atoms with van der Waals surface area (Å²) in [4.78, 5) is 0. The van der Waals surface area contributed by atoms with Crippen LogP contribution in [0.15, 0.2) is 24.3 Å². The van der Waals surface area contributed by atoms with E-state index in [-0.39, 0.29) is 0 Å². The first-order valence-corrected chi connectivity index (χ1v) is 6.22. The van der Waals surface area contributed by atoms with Crippen molar-refractivity contribution in [2.24, 2.45) is 0 Å². The molecule has 1 aliphatic heterocycles. The van der Waals surface area contributed by atoms with Gasteiger partial charge in [-0.15, -0.1) is 0 Å².